The highest BCUT2D eigenvalue weighted by Gasteiger charge is 2.43. The van der Waals surface area contributed by atoms with Crippen molar-refractivity contribution in [2.75, 3.05) is 40.4 Å². The molecule has 1 aromatic carbocycles. The van der Waals surface area contributed by atoms with Crippen molar-refractivity contribution >= 4 is 34.7 Å². The molecule has 0 aliphatic carbocycles. The zero-order chi connectivity index (χ0) is 27.6. The highest BCUT2D eigenvalue weighted by molar-refractivity contribution is 8.16. The Morgan fingerprint density at radius 1 is 1.08 bits per heavy atom. The number of amides is 2. The van der Waals surface area contributed by atoms with E-state index in [1.54, 1.807) is 63.8 Å². The first-order chi connectivity index (χ1) is 18.1. The van der Waals surface area contributed by atoms with Gasteiger partial charge in [0, 0.05) is 44.4 Å². The minimum atomic E-state index is -0.637. The fraction of sp³-hybridized carbons (Fsp3) is 0.481. The second-order valence-electron chi connectivity index (χ2n) is 9.52. The molecule has 1 saturated heterocycles. The number of rotatable bonds is 7. The number of carbonyl (C=O) groups is 3. The van der Waals surface area contributed by atoms with E-state index >= 15 is 0 Å². The third kappa shape index (κ3) is 5.52. The standard InChI is InChI=1S/C27H34N4O6S/c1-16(2)37-26(34)24-17(3)28-27-31(25(24)21-14-20(35-5)7-8-22(21)36-6)19(15-38-27)13-23(33)30-11-9-29(10-12-30)18(4)32/h7-8,14-16,25H,9-13H2,1-6H3. The highest BCUT2D eigenvalue weighted by Crippen LogP contribution is 2.47. The number of hydrogen-bond acceptors (Lipinski definition) is 9. The summed E-state index contributed by atoms with van der Waals surface area (Å²) >= 11 is 1.41. The molecule has 0 radical (unpaired) electrons. The van der Waals surface area contributed by atoms with Crippen LogP contribution in [0.15, 0.2) is 45.6 Å². The topological polar surface area (TPSA) is 101 Å². The SMILES string of the molecule is COc1ccc(OC)c(C2C(C(=O)OC(C)C)=C(C)N=C3SC=C(CC(=O)N4CCN(C(C)=O)CC4)N32)c1. The number of piperazine rings is 1. The van der Waals surface area contributed by atoms with Gasteiger partial charge in [-0.2, -0.15) is 0 Å². The molecule has 0 aromatic heterocycles. The van der Waals surface area contributed by atoms with E-state index in [2.05, 4.69) is 0 Å². The van der Waals surface area contributed by atoms with Crippen molar-refractivity contribution in [1.82, 2.24) is 14.7 Å². The van der Waals surface area contributed by atoms with Gasteiger partial charge in [0.2, 0.25) is 11.8 Å². The Balaban J connectivity index is 1.70. The average Bonchev–Trinajstić information content (AvgIpc) is 3.28. The molecule has 1 fully saturated rings. The third-order valence-corrected chi connectivity index (χ3v) is 7.59. The number of hydrogen-bond donors (Lipinski definition) is 0. The summed E-state index contributed by atoms with van der Waals surface area (Å²) in [5.74, 6) is 0.672. The molecule has 3 heterocycles. The van der Waals surface area contributed by atoms with Crippen molar-refractivity contribution in [1.29, 1.82) is 0 Å². The van der Waals surface area contributed by atoms with E-state index in [1.165, 1.54) is 11.8 Å². The maximum Gasteiger partial charge on any atom is 0.338 e. The summed E-state index contributed by atoms with van der Waals surface area (Å²) in [7, 11) is 3.15. The fourth-order valence-electron chi connectivity index (χ4n) is 4.79. The van der Waals surface area contributed by atoms with Crippen molar-refractivity contribution in [2.24, 2.45) is 4.99 Å². The van der Waals surface area contributed by atoms with E-state index in [0.29, 0.717) is 59.7 Å². The molecule has 38 heavy (non-hydrogen) atoms. The van der Waals surface area contributed by atoms with Crippen LogP contribution >= 0.6 is 11.8 Å². The number of methoxy groups -OCH3 is 2. The van der Waals surface area contributed by atoms with Crippen LogP contribution in [0, 0.1) is 0 Å². The lowest BCUT2D eigenvalue weighted by atomic mass is 9.92. The van der Waals surface area contributed by atoms with Gasteiger partial charge in [0.1, 0.15) is 11.5 Å². The quantitative estimate of drug-likeness (QED) is 0.484. The zero-order valence-corrected chi connectivity index (χ0v) is 23.5. The maximum atomic E-state index is 13.4. The van der Waals surface area contributed by atoms with Crippen molar-refractivity contribution in [3.05, 3.63) is 46.1 Å². The van der Waals surface area contributed by atoms with Crippen LogP contribution in [-0.4, -0.2) is 84.2 Å². The first-order valence-electron chi connectivity index (χ1n) is 12.5. The number of esters is 1. The number of nitrogens with zero attached hydrogens (tertiary/aromatic N) is 4. The Hall–Kier alpha value is -3.47. The van der Waals surface area contributed by atoms with Gasteiger partial charge in [0.15, 0.2) is 5.17 Å². The minimum absolute atomic E-state index is 0.0132. The molecule has 11 heteroatoms. The fourth-order valence-corrected chi connectivity index (χ4v) is 5.76. The van der Waals surface area contributed by atoms with Gasteiger partial charge in [0.25, 0.3) is 0 Å². The number of benzene rings is 1. The highest BCUT2D eigenvalue weighted by atomic mass is 32.2. The minimum Gasteiger partial charge on any atom is -0.497 e. The number of thioether (sulfide) groups is 1. The van der Waals surface area contributed by atoms with Crippen LogP contribution in [0.2, 0.25) is 0 Å². The molecule has 10 nitrogen and oxygen atoms in total. The summed E-state index contributed by atoms with van der Waals surface area (Å²) in [5.41, 5.74) is 2.35. The van der Waals surface area contributed by atoms with Crippen LogP contribution in [0.4, 0.5) is 0 Å². The van der Waals surface area contributed by atoms with Gasteiger partial charge >= 0.3 is 5.97 Å². The third-order valence-electron chi connectivity index (χ3n) is 6.70. The van der Waals surface area contributed by atoms with Crippen molar-refractivity contribution in [3.8, 4) is 11.5 Å². The largest absolute Gasteiger partial charge is 0.497 e. The Bertz CT molecular complexity index is 1220. The molecule has 204 valence electrons. The number of ether oxygens (including phenoxy) is 3. The van der Waals surface area contributed by atoms with Crippen molar-refractivity contribution < 1.29 is 28.6 Å². The summed E-state index contributed by atoms with van der Waals surface area (Å²) in [5, 5.41) is 2.58. The number of allylic oxidation sites excluding steroid dienone is 1. The Kier molecular flexibility index (Phi) is 8.35. The van der Waals surface area contributed by atoms with Crippen LogP contribution in [-0.2, 0) is 19.1 Å². The monoisotopic (exact) mass is 542 g/mol. The molecule has 0 N–H and O–H groups in total. The van der Waals surface area contributed by atoms with Crippen molar-refractivity contribution in [2.45, 2.75) is 46.3 Å². The van der Waals surface area contributed by atoms with Crippen LogP contribution in [0.1, 0.15) is 45.7 Å². The predicted octanol–water partition coefficient (Wildman–Crippen LogP) is 3.31. The predicted molar refractivity (Wildman–Crippen MR) is 145 cm³/mol. The lowest BCUT2D eigenvalue weighted by molar-refractivity contribution is -0.143. The van der Waals surface area contributed by atoms with E-state index in [0.717, 1.165) is 5.70 Å². The van der Waals surface area contributed by atoms with Crippen LogP contribution in [0.3, 0.4) is 0 Å². The van der Waals surface area contributed by atoms with Crippen molar-refractivity contribution in [3.63, 3.8) is 0 Å². The molecule has 3 aliphatic rings. The molecular weight excluding hydrogens is 508 g/mol. The smallest absolute Gasteiger partial charge is 0.338 e. The van der Waals surface area contributed by atoms with Crippen LogP contribution < -0.4 is 9.47 Å². The summed E-state index contributed by atoms with van der Waals surface area (Å²) < 4.78 is 16.8. The second kappa shape index (κ2) is 11.5. The maximum absolute atomic E-state index is 13.4. The van der Waals surface area contributed by atoms with E-state index in [1.807, 2.05) is 16.4 Å². The molecule has 1 atom stereocenters. The van der Waals surface area contributed by atoms with Gasteiger partial charge in [-0.15, -0.1) is 0 Å². The van der Waals surface area contributed by atoms with E-state index in [-0.39, 0.29) is 24.3 Å². The lowest BCUT2D eigenvalue weighted by Crippen LogP contribution is -2.50. The summed E-state index contributed by atoms with van der Waals surface area (Å²) in [6.45, 7) is 8.93. The zero-order valence-electron chi connectivity index (χ0n) is 22.6. The Morgan fingerprint density at radius 2 is 1.76 bits per heavy atom. The van der Waals surface area contributed by atoms with Crippen LogP contribution in [0.5, 0.6) is 11.5 Å². The summed E-state index contributed by atoms with van der Waals surface area (Å²) in [4.78, 5) is 48.6. The molecular formula is C27H34N4O6S. The summed E-state index contributed by atoms with van der Waals surface area (Å²) in [6, 6.07) is 4.79. The average molecular weight is 543 g/mol. The lowest BCUT2D eigenvalue weighted by Gasteiger charge is -2.38. The molecule has 0 bridgehead atoms. The molecule has 1 aromatic rings. The molecule has 3 aliphatic heterocycles. The van der Waals surface area contributed by atoms with Gasteiger partial charge in [-0.05, 0) is 44.4 Å². The first-order valence-corrected chi connectivity index (χ1v) is 13.4. The van der Waals surface area contributed by atoms with Gasteiger partial charge in [-0.25, -0.2) is 9.79 Å². The molecule has 1 unspecified atom stereocenters. The van der Waals surface area contributed by atoms with Gasteiger partial charge in [-0.1, -0.05) is 11.8 Å². The summed E-state index contributed by atoms with van der Waals surface area (Å²) in [6.07, 6.45) is -0.195. The first kappa shape index (κ1) is 27.6. The van der Waals surface area contributed by atoms with Gasteiger partial charge < -0.3 is 28.9 Å². The van der Waals surface area contributed by atoms with E-state index < -0.39 is 12.0 Å². The normalized spacial score (nSPS) is 19.2. The number of carbonyl (C=O) groups excluding carboxylic acids is 3. The van der Waals surface area contributed by atoms with Gasteiger partial charge in [0.05, 0.1) is 44.1 Å². The molecule has 2 amide bonds. The van der Waals surface area contributed by atoms with Gasteiger partial charge in [-0.3, -0.25) is 9.59 Å². The molecule has 0 saturated carbocycles. The Morgan fingerprint density at radius 3 is 2.37 bits per heavy atom. The van der Waals surface area contributed by atoms with E-state index in [4.69, 9.17) is 19.2 Å². The number of aliphatic imine (C=N–C) groups is 1. The molecule has 0 spiro atoms. The van der Waals surface area contributed by atoms with Crippen LogP contribution in [0.25, 0.3) is 0 Å². The number of fused-ring (bicyclic) bond motifs is 1. The Labute approximate surface area is 227 Å². The second-order valence-corrected chi connectivity index (χ2v) is 10.4. The number of amidine groups is 1. The molecule has 4 rings (SSSR count). The van der Waals surface area contributed by atoms with E-state index in [9.17, 15) is 14.4 Å².